The highest BCUT2D eigenvalue weighted by Gasteiger charge is 2.38. The van der Waals surface area contributed by atoms with E-state index in [9.17, 15) is 4.39 Å². The molecule has 18 heavy (non-hydrogen) atoms. The van der Waals surface area contributed by atoms with E-state index in [1.54, 1.807) is 0 Å². The zero-order valence-corrected chi connectivity index (χ0v) is 11.4. The van der Waals surface area contributed by atoms with E-state index in [4.69, 9.17) is 4.74 Å². The first-order valence-corrected chi connectivity index (χ1v) is 6.60. The van der Waals surface area contributed by atoms with Crippen LogP contribution in [0.1, 0.15) is 32.8 Å². The third-order valence-corrected chi connectivity index (χ3v) is 3.73. The van der Waals surface area contributed by atoms with Crippen molar-refractivity contribution < 1.29 is 9.13 Å². The summed E-state index contributed by atoms with van der Waals surface area (Å²) >= 11 is 0. The Kier molecular flexibility index (Phi) is 3.74. The lowest BCUT2D eigenvalue weighted by atomic mass is 9.90. The number of halogens is 1. The summed E-state index contributed by atoms with van der Waals surface area (Å²) in [5, 5.41) is 3.45. The van der Waals surface area contributed by atoms with Gasteiger partial charge in [-0.15, -0.1) is 0 Å². The third kappa shape index (κ3) is 3.09. The summed E-state index contributed by atoms with van der Waals surface area (Å²) in [4.78, 5) is 0. The molecule has 3 heteroatoms. The van der Waals surface area contributed by atoms with Crippen LogP contribution in [-0.2, 0) is 11.2 Å². The van der Waals surface area contributed by atoms with Crippen LogP contribution in [0.2, 0.25) is 0 Å². The maximum atomic E-state index is 12.9. The highest BCUT2D eigenvalue weighted by molar-refractivity contribution is 5.18. The number of benzene rings is 1. The Hall–Kier alpha value is -0.930. The molecule has 2 nitrogen and oxygen atoms in total. The molecule has 0 aliphatic carbocycles. The van der Waals surface area contributed by atoms with E-state index in [2.05, 4.69) is 26.1 Å². The molecule has 1 aliphatic heterocycles. The molecule has 0 radical (unpaired) electrons. The molecule has 1 aromatic carbocycles. The van der Waals surface area contributed by atoms with Gasteiger partial charge < -0.3 is 10.1 Å². The predicted octanol–water partition coefficient (Wildman–Crippen LogP) is 2.92. The lowest BCUT2D eigenvalue weighted by Gasteiger charge is -2.45. The van der Waals surface area contributed by atoms with Crippen LogP contribution in [-0.4, -0.2) is 24.3 Å². The molecule has 2 unspecified atom stereocenters. The molecule has 0 aromatic heterocycles. The van der Waals surface area contributed by atoms with Crippen molar-refractivity contribution in [3.8, 4) is 0 Å². The van der Waals surface area contributed by atoms with Gasteiger partial charge in [0.2, 0.25) is 0 Å². The SMILES string of the molecule is CCC1(C)CNCC(C)(Cc2ccc(F)cc2)O1. The average molecular weight is 251 g/mol. The highest BCUT2D eigenvalue weighted by Crippen LogP contribution is 2.29. The van der Waals surface area contributed by atoms with Gasteiger partial charge in [0.05, 0.1) is 11.2 Å². The van der Waals surface area contributed by atoms with Crippen LogP contribution >= 0.6 is 0 Å². The first kappa shape index (κ1) is 13.5. The fraction of sp³-hybridized carbons (Fsp3) is 0.600. The molecule has 1 heterocycles. The van der Waals surface area contributed by atoms with Crippen LogP contribution in [0.25, 0.3) is 0 Å². The van der Waals surface area contributed by atoms with E-state index >= 15 is 0 Å². The molecule has 0 amide bonds. The Morgan fingerprint density at radius 1 is 1.17 bits per heavy atom. The molecule has 1 aromatic rings. The summed E-state index contributed by atoms with van der Waals surface area (Å²) in [5.41, 5.74) is 0.787. The van der Waals surface area contributed by atoms with E-state index in [0.717, 1.165) is 31.5 Å². The summed E-state index contributed by atoms with van der Waals surface area (Å²) < 4.78 is 19.2. The molecule has 1 N–H and O–H groups in total. The van der Waals surface area contributed by atoms with Crippen molar-refractivity contribution >= 4 is 0 Å². The number of hydrogen-bond donors (Lipinski definition) is 1. The van der Waals surface area contributed by atoms with Crippen molar-refractivity contribution in [3.05, 3.63) is 35.6 Å². The van der Waals surface area contributed by atoms with Crippen LogP contribution in [0.5, 0.6) is 0 Å². The zero-order valence-electron chi connectivity index (χ0n) is 11.4. The second-order valence-electron chi connectivity index (χ2n) is 5.76. The second-order valence-corrected chi connectivity index (χ2v) is 5.76. The minimum Gasteiger partial charge on any atom is -0.366 e. The molecule has 2 rings (SSSR count). The average Bonchev–Trinajstić information content (AvgIpc) is 2.32. The van der Waals surface area contributed by atoms with Crippen LogP contribution in [0.3, 0.4) is 0 Å². The number of nitrogens with one attached hydrogen (secondary N) is 1. The Balaban J connectivity index is 2.09. The number of rotatable bonds is 3. The standard InChI is InChI=1S/C15H22FNO/c1-4-14(2)10-17-11-15(3,18-14)9-12-5-7-13(16)8-6-12/h5-8,17H,4,9-11H2,1-3H3. The Labute approximate surface area is 109 Å². The van der Waals surface area contributed by atoms with Crippen molar-refractivity contribution in [2.45, 2.75) is 44.8 Å². The summed E-state index contributed by atoms with van der Waals surface area (Å²) in [6.07, 6.45) is 1.79. The van der Waals surface area contributed by atoms with Crippen LogP contribution in [0.4, 0.5) is 4.39 Å². The van der Waals surface area contributed by atoms with Crippen LogP contribution in [0, 0.1) is 5.82 Å². The summed E-state index contributed by atoms with van der Waals surface area (Å²) in [7, 11) is 0. The largest absolute Gasteiger partial charge is 0.366 e. The molecule has 0 saturated carbocycles. The quantitative estimate of drug-likeness (QED) is 0.892. The summed E-state index contributed by atoms with van der Waals surface area (Å²) in [6, 6.07) is 6.69. The van der Waals surface area contributed by atoms with Crippen LogP contribution in [0.15, 0.2) is 24.3 Å². The number of hydrogen-bond acceptors (Lipinski definition) is 2. The minimum atomic E-state index is -0.221. The van der Waals surface area contributed by atoms with Gasteiger partial charge in [0, 0.05) is 19.5 Å². The van der Waals surface area contributed by atoms with Gasteiger partial charge >= 0.3 is 0 Å². The molecular formula is C15H22FNO. The van der Waals surface area contributed by atoms with Gasteiger partial charge in [0.1, 0.15) is 5.82 Å². The van der Waals surface area contributed by atoms with Crippen LogP contribution < -0.4 is 5.32 Å². The molecule has 1 saturated heterocycles. The molecule has 2 atom stereocenters. The Morgan fingerprint density at radius 3 is 2.39 bits per heavy atom. The normalized spacial score (nSPS) is 32.4. The smallest absolute Gasteiger partial charge is 0.123 e. The van der Waals surface area contributed by atoms with E-state index < -0.39 is 0 Å². The van der Waals surface area contributed by atoms with Gasteiger partial charge in [-0.05, 0) is 38.0 Å². The maximum Gasteiger partial charge on any atom is 0.123 e. The topological polar surface area (TPSA) is 21.3 Å². The molecule has 0 spiro atoms. The van der Waals surface area contributed by atoms with Crippen molar-refractivity contribution in [2.24, 2.45) is 0 Å². The van der Waals surface area contributed by atoms with E-state index in [0.29, 0.717) is 0 Å². The fourth-order valence-electron chi connectivity index (χ4n) is 2.59. The lowest BCUT2D eigenvalue weighted by molar-refractivity contribution is -0.162. The summed E-state index contributed by atoms with van der Waals surface area (Å²) in [6.45, 7) is 8.13. The third-order valence-electron chi connectivity index (χ3n) is 3.73. The van der Waals surface area contributed by atoms with E-state index in [1.165, 1.54) is 12.1 Å². The van der Waals surface area contributed by atoms with Gasteiger partial charge in [-0.2, -0.15) is 0 Å². The molecule has 0 bridgehead atoms. The van der Waals surface area contributed by atoms with Gasteiger partial charge in [0.15, 0.2) is 0 Å². The predicted molar refractivity (Wildman–Crippen MR) is 71.2 cm³/mol. The van der Waals surface area contributed by atoms with Gasteiger partial charge in [0.25, 0.3) is 0 Å². The highest BCUT2D eigenvalue weighted by atomic mass is 19.1. The van der Waals surface area contributed by atoms with Crippen molar-refractivity contribution in [2.75, 3.05) is 13.1 Å². The lowest BCUT2D eigenvalue weighted by Crippen LogP contribution is -2.58. The Morgan fingerprint density at radius 2 is 1.78 bits per heavy atom. The second kappa shape index (κ2) is 4.98. The first-order chi connectivity index (χ1) is 8.45. The zero-order chi connectivity index (χ0) is 13.2. The monoisotopic (exact) mass is 251 g/mol. The van der Waals surface area contributed by atoms with Gasteiger partial charge in [-0.3, -0.25) is 0 Å². The number of ether oxygens (including phenoxy) is 1. The Bertz CT molecular complexity index is 405. The van der Waals surface area contributed by atoms with E-state index in [1.807, 2.05) is 12.1 Å². The minimum absolute atomic E-state index is 0.104. The van der Waals surface area contributed by atoms with Crippen molar-refractivity contribution in [1.82, 2.24) is 5.32 Å². The molecule has 100 valence electrons. The molecule has 1 aliphatic rings. The summed E-state index contributed by atoms with van der Waals surface area (Å²) in [5.74, 6) is -0.190. The van der Waals surface area contributed by atoms with Gasteiger partial charge in [-0.1, -0.05) is 19.1 Å². The fourth-order valence-corrected chi connectivity index (χ4v) is 2.59. The van der Waals surface area contributed by atoms with Crippen molar-refractivity contribution in [3.63, 3.8) is 0 Å². The van der Waals surface area contributed by atoms with Gasteiger partial charge in [-0.25, -0.2) is 4.39 Å². The van der Waals surface area contributed by atoms with E-state index in [-0.39, 0.29) is 17.0 Å². The molecular weight excluding hydrogens is 229 g/mol. The maximum absolute atomic E-state index is 12.9. The first-order valence-electron chi connectivity index (χ1n) is 6.60. The molecule has 1 fully saturated rings. The van der Waals surface area contributed by atoms with Crippen molar-refractivity contribution in [1.29, 1.82) is 0 Å². The number of morpholine rings is 1.